The van der Waals surface area contributed by atoms with Gasteiger partial charge in [0.1, 0.15) is 11.3 Å². The number of aryl methyl sites for hydroxylation is 2. The topological polar surface area (TPSA) is 135 Å². The summed E-state index contributed by atoms with van der Waals surface area (Å²) in [6, 6.07) is 25.1. The fourth-order valence-electron chi connectivity index (χ4n) is 4.09. The van der Waals surface area contributed by atoms with Gasteiger partial charge in [0.2, 0.25) is 17.4 Å². The number of aromatic nitrogens is 3. The highest BCUT2D eigenvalue weighted by molar-refractivity contribution is 6.05. The second kappa shape index (κ2) is 15.5. The molecule has 0 spiro atoms. The minimum Gasteiger partial charge on any atom is -0.436 e. The van der Waals surface area contributed by atoms with E-state index >= 15 is 0 Å². The predicted octanol–water partition coefficient (Wildman–Crippen LogP) is 4.00. The summed E-state index contributed by atoms with van der Waals surface area (Å²) in [6.07, 6.45) is 3.65. The molecule has 1 amide bonds. The van der Waals surface area contributed by atoms with Gasteiger partial charge in [0.05, 0.1) is 23.2 Å². The fourth-order valence-corrected chi connectivity index (χ4v) is 4.09. The van der Waals surface area contributed by atoms with E-state index in [0.29, 0.717) is 35.4 Å². The summed E-state index contributed by atoms with van der Waals surface area (Å²) in [5.41, 5.74) is 5.29. The molecule has 2 aromatic heterocycles. The number of hydrogen-bond acceptors (Lipinski definition) is 7. The summed E-state index contributed by atoms with van der Waals surface area (Å²) in [5.74, 6) is 0.490. The molecule has 0 fully saturated rings. The summed E-state index contributed by atoms with van der Waals surface area (Å²) >= 11 is 0. The minimum atomic E-state index is 0.0600. The fraction of sp³-hybridized carbons (Fsp3) is 0.219. The molecule has 42 heavy (non-hydrogen) atoms. The number of carbonyl (C=O) groups excluding carboxylic acids is 3. The average molecular weight is 569 g/mol. The third-order valence-electron chi connectivity index (χ3n) is 6.22. The molecule has 10 heteroatoms. The van der Waals surface area contributed by atoms with Crippen LogP contribution in [0.25, 0.3) is 27.7 Å². The predicted molar refractivity (Wildman–Crippen MR) is 163 cm³/mol. The lowest BCUT2D eigenvalue weighted by molar-refractivity contribution is -0.120. The van der Waals surface area contributed by atoms with Crippen LogP contribution < -0.4 is 16.3 Å². The number of imidazole rings is 1. The third-order valence-corrected chi connectivity index (χ3v) is 6.22. The summed E-state index contributed by atoms with van der Waals surface area (Å²) in [5, 5.41) is 13.3. The number of rotatable bonds is 8. The number of hydrogen-bond donors (Lipinski definition) is 3. The molecule has 0 saturated heterocycles. The van der Waals surface area contributed by atoms with Gasteiger partial charge in [-0.05, 0) is 43.2 Å². The largest absolute Gasteiger partial charge is 0.436 e. The van der Waals surface area contributed by atoms with Crippen LogP contribution in [0.3, 0.4) is 0 Å². The summed E-state index contributed by atoms with van der Waals surface area (Å²) in [4.78, 5) is 36.9. The van der Waals surface area contributed by atoms with Gasteiger partial charge < -0.3 is 24.2 Å². The van der Waals surface area contributed by atoms with Crippen LogP contribution in [0, 0.1) is 5.41 Å². The first-order chi connectivity index (χ1) is 20.3. The monoisotopic (exact) mass is 568 g/mol. The van der Waals surface area contributed by atoms with E-state index in [2.05, 4.69) is 15.6 Å². The Kier molecular flexibility index (Phi) is 11.6. The van der Waals surface area contributed by atoms with Crippen molar-refractivity contribution in [1.29, 1.82) is 5.41 Å². The molecule has 3 aromatic carbocycles. The van der Waals surface area contributed by atoms with Gasteiger partial charge in [-0.25, -0.2) is 4.98 Å². The summed E-state index contributed by atoms with van der Waals surface area (Å²) < 4.78 is 8.92. The van der Waals surface area contributed by atoms with E-state index in [1.54, 1.807) is 29.4 Å². The van der Waals surface area contributed by atoms with Crippen LogP contribution in [0.1, 0.15) is 24.8 Å². The lowest BCUT2D eigenvalue weighted by atomic mass is 10.1. The van der Waals surface area contributed by atoms with Crippen molar-refractivity contribution in [1.82, 2.24) is 24.8 Å². The molecule has 5 rings (SSSR count). The van der Waals surface area contributed by atoms with Crippen LogP contribution in [0.15, 0.2) is 89.5 Å². The highest BCUT2D eigenvalue weighted by atomic mass is 16.3. The highest BCUT2D eigenvalue weighted by Gasteiger charge is 2.09. The number of para-hydroxylation sites is 4. The first-order valence-electron chi connectivity index (χ1n) is 13.4. The number of Topliss-reactive ketones (excluding diaryl/α,β-unsaturated/α-hetero) is 1. The number of amides is 1. The molecule has 0 atom stereocenters. The number of allylic oxidation sites excluding steroid dienone is 1. The van der Waals surface area contributed by atoms with Crippen LogP contribution in [-0.2, 0) is 34.4 Å². The van der Waals surface area contributed by atoms with E-state index in [0.717, 1.165) is 23.0 Å². The van der Waals surface area contributed by atoms with E-state index in [-0.39, 0.29) is 18.2 Å². The number of nitrogens with zero attached hydrogens (tertiary/aromatic N) is 3. The Bertz CT molecular complexity index is 1700. The molecule has 0 aliphatic rings. The first kappa shape index (κ1) is 31.3. The number of oxazole rings is 1. The lowest BCUT2D eigenvalue weighted by Crippen LogP contribution is -2.24. The van der Waals surface area contributed by atoms with Crippen molar-refractivity contribution in [2.45, 2.75) is 26.3 Å². The highest BCUT2D eigenvalue weighted by Crippen LogP contribution is 2.19. The number of ketones is 1. The molecule has 0 radical (unpaired) electrons. The number of fused-ring (bicyclic) bond motifs is 2. The lowest BCUT2D eigenvalue weighted by Gasteiger charge is -1.99. The maximum atomic E-state index is 11.1. The van der Waals surface area contributed by atoms with Crippen LogP contribution in [0.2, 0.25) is 0 Å². The number of benzene rings is 3. The molecule has 2 heterocycles. The van der Waals surface area contributed by atoms with Crippen LogP contribution in [-0.4, -0.2) is 46.2 Å². The van der Waals surface area contributed by atoms with E-state index in [1.165, 1.54) is 12.5 Å². The smallest absolute Gasteiger partial charge is 0.232 e. The maximum Gasteiger partial charge on any atom is 0.232 e. The molecule has 0 aliphatic heterocycles. The standard InChI is InChI=1S/C11H13N3O.C11H10N2O2.C10H13NO/c1-8(15)7-14-10-6-4-3-5-9(10)13(2)11(14)12;1-12-6-8(7-14)11-13-9-4-2-3-5-10(9)15-11;1-11-10(12)8-7-9-5-3-2-4-6-9/h3-6,12H,7H2,1-2H3;2-7,12H,1H3;2-6H,7-8H2,1H3,(H,11,12)/b;8-6+;. The van der Waals surface area contributed by atoms with E-state index in [1.807, 2.05) is 85.9 Å². The van der Waals surface area contributed by atoms with Crippen molar-refractivity contribution < 1.29 is 18.8 Å². The first-order valence-corrected chi connectivity index (χ1v) is 13.4. The normalized spacial score (nSPS) is 10.7. The molecule has 10 nitrogen and oxygen atoms in total. The van der Waals surface area contributed by atoms with Crippen molar-refractivity contribution in [3.63, 3.8) is 0 Å². The van der Waals surface area contributed by atoms with Crippen molar-refractivity contribution in [2.75, 3.05) is 14.1 Å². The Morgan fingerprint density at radius 2 is 1.60 bits per heavy atom. The van der Waals surface area contributed by atoms with Gasteiger partial charge in [-0.2, -0.15) is 0 Å². The van der Waals surface area contributed by atoms with Gasteiger partial charge in [-0.1, -0.05) is 54.6 Å². The van der Waals surface area contributed by atoms with Crippen molar-refractivity contribution in [2.24, 2.45) is 7.05 Å². The van der Waals surface area contributed by atoms with Gasteiger partial charge in [0.15, 0.2) is 11.9 Å². The Morgan fingerprint density at radius 1 is 0.952 bits per heavy atom. The second-order valence-electron chi connectivity index (χ2n) is 9.31. The molecular weight excluding hydrogens is 532 g/mol. The Labute approximate surface area is 244 Å². The zero-order chi connectivity index (χ0) is 30.5. The number of nitrogens with one attached hydrogen (secondary N) is 3. The van der Waals surface area contributed by atoms with E-state index in [4.69, 9.17) is 9.83 Å². The number of aldehydes is 1. The van der Waals surface area contributed by atoms with Crippen LogP contribution >= 0.6 is 0 Å². The average Bonchev–Trinajstić information content (AvgIpc) is 3.55. The van der Waals surface area contributed by atoms with Crippen LogP contribution in [0.5, 0.6) is 0 Å². The molecule has 5 aromatic rings. The zero-order valence-electron chi connectivity index (χ0n) is 24.3. The van der Waals surface area contributed by atoms with Gasteiger partial charge in [0.25, 0.3) is 0 Å². The quantitative estimate of drug-likeness (QED) is 0.191. The Balaban J connectivity index is 0.000000174. The molecular formula is C32H36N6O4. The maximum absolute atomic E-state index is 11.1. The van der Waals surface area contributed by atoms with Gasteiger partial charge >= 0.3 is 0 Å². The van der Waals surface area contributed by atoms with Crippen molar-refractivity contribution in [3.05, 3.63) is 102 Å². The third kappa shape index (κ3) is 8.37. The van der Waals surface area contributed by atoms with Gasteiger partial charge in [-0.3, -0.25) is 19.8 Å². The molecule has 0 bridgehead atoms. The molecule has 3 N–H and O–H groups in total. The minimum absolute atomic E-state index is 0.0600. The summed E-state index contributed by atoms with van der Waals surface area (Å²) in [6.45, 7) is 1.80. The van der Waals surface area contributed by atoms with E-state index < -0.39 is 0 Å². The van der Waals surface area contributed by atoms with Crippen molar-refractivity contribution >= 4 is 45.7 Å². The molecule has 0 unspecified atom stereocenters. The SMILES string of the molecule is CC(=O)Cn1c(=N)n(C)c2ccccc21.CN/C=C(\C=O)c1nc2ccccc2o1.CNC(=O)CCc1ccccc1. The molecule has 218 valence electrons. The van der Waals surface area contributed by atoms with Crippen LogP contribution in [0.4, 0.5) is 0 Å². The second-order valence-corrected chi connectivity index (χ2v) is 9.31. The Hall–Kier alpha value is -5.25. The molecule has 0 aliphatic carbocycles. The Morgan fingerprint density at radius 3 is 2.21 bits per heavy atom. The van der Waals surface area contributed by atoms with Crippen molar-refractivity contribution in [3.8, 4) is 0 Å². The zero-order valence-corrected chi connectivity index (χ0v) is 24.3. The van der Waals surface area contributed by atoms with Gasteiger partial charge in [0, 0.05) is 33.8 Å². The number of carbonyl (C=O) groups is 3. The molecule has 0 saturated carbocycles. The van der Waals surface area contributed by atoms with Gasteiger partial charge in [-0.15, -0.1) is 0 Å². The van der Waals surface area contributed by atoms with E-state index in [9.17, 15) is 14.4 Å². The summed E-state index contributed by atoms with van der Waals surface area (Å²) in [7, 11) is 5.21.